The molecule has 630 valence electrons. The number of ether oxygens (including phenoxy) is 4. The van der Waals surface area contributed by atoms with Crippen LogP contribution in [0.15, 0.2) is 219 Å². The fourth-order valence-electron chi connectivity index (χ4n) is 10.2. The summed E-state index contributed by atoms with van der Waals surface area (Å²) in [5, 5.41) is 10.7. The lowest BCUT2D eigenvalue weighted by molar-refractivity contribution is -0.161. The zero-order valence-corrected chi connectivity index (χ0v) is 70.8. The average Bonchev–Trinajstić information content (AvgIpc) is 0.897. The van der Waals surface area contributed by atoms with E-state index in [-0.39, 0.29) is 25.7 Å². The van der Waals surface area contributed by atoms with Crippen molar-refractivity contribution in [2.75, 3.05) is 39.6 Å². The van der Waals surface area contributed by atoms with Crippen LogP contribution in [0.3, 0.4) is 0 Å². The number of phosphoric ester groups is 2. The van der Waals surface area contributed by atoms with Gasteiger partial charge in [-0.1, -0.05) is 291 Å². The van der Waals surface area contributed by atoms with Crippen LogP contribution in [-0.4, -0.2) is 96.7 Å². The lowest BCUT2D eigenvalue weighted by Gasteiger charge is -2.21. The van der Waals surface area contributed by atoms with Gasteiger partial charge in [0.05, 0.1) is 26.4 Å². The largest absolute Gasteiger partial charge is 0.472 e. The van der Waals surface area contributed by atoms with Crippen LogP contribution in [0.25, 0.3) is 0 Å². The summed E-state index contributed by atoms with van der Waals surface area (Å²) in [6.45, 7) is 4.30. The molecule has 17 nitrogen and oxygen atoms in total. The molecule has 0 aliphatic heterocycles. The van der Waals surface area contributed by atoms with Crippen LogP contribution < -0.4 is 0 Å². The van der Waals surface area contributed by atoms with Crippen molar-refractivity contribution in [1.82, 2.24) is 0 Å². The Kier molecular flexibility index (Phi) is 77.5. The molecule has 0 aromatic carbocycles. The number of rotatable bonds is 76. The van der Waals surface area contributed by atoms with Crippen molar-refractivity contribution in [3.05, 3.63) is 219 Å². The van der Waals surface area contributed by atoms with Crippen LogP contribution in [0.1, 0.15) is 285 Å². The molecule has 19 heteroatoms. The fraction of sp³-hybridized carbons (Fsp3) is 0.570. The fourth-order valence-corrected chi connectivity index (χ4v) is 11.7. The van der Waals surface area contributed by atoms with Gasteiger partial charge >= 0.3 is 39.5 Å². The molecule has 2 unspecified atom stereocenters. The minimum absolute atomic E-state index is 0.0358. The molecule has 0 radical (unpaired) electrons. The van der Waals surface area contributed by atoms with E-state index in [0.29, 0.717) is 32.1 Å². The summed E-state index contributed by atoms with van der Waals surface area (Å²) >= 11 is 0. The van der Waals surface area contributed by atoms with E-state index in [4.69, 9.17) is 37.0 Å². The minimum Gasteiger partial charge on any atom is -0.462 e. The summed E-state index contributed by atoms with van der Waals surface area (Å²) in [6.07, 6.45) is 105. The van der Waals surface area contributed by atoms with E-state index in [9.17, 15) is 43.2 Å². The Morgan fingerprint density at radius 1 is 0.259 bits per heavy atom. The molecule has 0 aliphatic carbocycles. The van der Waals surface area contributed by atoms with Gasteiger partial charge in [0.1, 0.15) is 19.3 Å². The standard InChI is InChI=1S/C93H146O17P2/c1-5-9-13-17-21-25-29-33-37-40-43-46-50-54-58-62-66-70-74-78-91(96)104-84-89(110-93(98)80-76-72-68-64-60-56-52-48-45-42-39-35-31-27-23-19-15-11-7-3)86-108-112(101,102)106-82-87(94)81-105-111(99,100)107-85-88(83-103-90(95)77-73-69-65-61-57-53-49-36-32-28-24-20-16-12-8-4)109-92(97)79-75-71-67-63-59-55-51-47-44-41-38-34-30-26-22-18-14-10-6-2/h9-11,13-15,21-28,33-39,43-49,54-56,58-60,67,71,87-89,94H,5-8,12,16-20,29-32,40-42,50-53,57,61-66,68-70,72-86H2,1-4H3,(H,99,100)(H,101,102)/b13-9-,14-10-,15-11-,25-21-,26-22-,27-23-,28-24-,37-33-,38-34-,39-35-,46-43-,47-44-,48-45-,49-36-,58-54-,59-55-,60-56-,71-67-/t87-,88+,89+/m0/s1. The van der Waals surface area contributed by atoms with Gasteiger partial charge in [0, 0.05) is 25.7 Å². The third kappa shape index (κ3) is 81.4. The Bertz CT molecular complexity index is 2990. The van der Waals surface area contributed by atoms with Crippen molar-refractivity contribution in [3.8, 4) is 0 Å². The van der Waals surface area contributed by atoms with E-state index in [1.807, 2.05) is 18.2 Å². The SMILES string of the molecule is CC/C=C\C/C=C\C/C=C\C/C=C\C/C=C\C/C=C\CCC(=O)O[C@H](COC(=O)CCCCCCC/C=C\C/C=C\CCCCC)COP(=O)(O)OC[C@H](O)COP(=O)(O)OC[C@@H](COC(=O)CCCCC/C=C\C/C=C\C/C=C\C/C=C\C/C=C\CC)OC(=O)CCCCC/C=C\C/C=C\C/C=C\C/C=C\C/C=C\CC. The third-order valence-electron chi connectivity index (χ3n) is 16.4. The molecule has 0 saturated carbocycles. The second kappa shape index (κ2) is 82.4. The summed E-state index contributed by atoms with van der Waals surface area (Å²) in [4.78, 5) is 73.2. The van der Waals surface area contributed by atoms with Crippen molar-refractivity contribution in [2.24, 2.45) is 0 Å². The van der Waals surface area contributed by atoms with Crippen LogP contribution in [0.4, 0.5) is 0 Å². The van der Waals surface area contributed by atoms with Gasteiger partial charge in [-0.3, -0.25) is 37.3 Å². The van der Waals surface area contributed by atoms with Gasteiger partial charge in [0.2, 0.25) is 0 Å². The molecule has 0 aromatic heterocycles. The highest BCUT2D eigenvalue weighted by Gasteiger charge is 2.30. The zero-order chi connectivity index (χ0) is 81.7. The van der Waals surface area contributed by atoms with Crippen molar-refractivity contribution in [3.63, 3.8) is 0 Å². The molecule has 112 heavy (non-hydrogen) atoms. The van der Waals surface area contributed by atoms with Gasteiger partial charge in [-0.2, -0.15) is 0 Å². The van der Waals surface area contributed by atoms with Gasteiger partial charge in [-0.25, -0.2) is 9.13 Å². The minimum atomic E-state index is -5.02. The second-order valence-corrected chi connectivity index (χ2v) is 29.8. The Hall–Kier alpha value is -6.62. The Morgan fingerprint density at radius 2 is 0.482 bits per heavy atom. The van der Waals surface area contributed by atoms with Gasteiger partial charge in [0.25, 0.3) is 0 Å². The first-order valence-electron chi connectivity index (χ1n) is 42.0. The predicted octanol–water partition coefficient (Wildman–Crippen LogP) is 25.2. The summed E-state index contributed by atoms with van der Waals surface area (Å²) in [7, 11) is -10.0. The number of hydrogen-bond acceptors (Lipinski definition) is 15. The van der Waals surface area contributed by atoms with E-state index < -0.39 is 97.5 Å². The number of aliphatic hydroxyl groups excluding tert-OH is 1. The van der Waals surface area contributed by atoms with Gasteiger partial charge in [-0.15, -0.1) is 0 Å². The lowest BCUT2D eigenvalue weighted by Crippen LogP contribution is -2.30. The van der Waals surface area contributed by atoms with E-state index in [2.05, 4.69) is 228 Å². The Labute approximate surface area is 677 Å². The molecular weight excluding hydrogens is 1450 g/mol. The molecule has 0 aliphatic rings. The molecule has 0 heterocycles. The molecule has 0 rings (SSSR count). The molecule has 5 atom stereocenters. The smallest absolute Gasteiger partial charge is 0.462 e. The monoisotopic (exact) mass is 1600 g/mol. The van der Waals surface area contributed by atoms with Gasteiger partial charge < -0.3 is 33.8 Å². The topological polar surface area (TPSA) is 237 Å². The van der Waals surface area contributed by atoms with Crippen molar-refractivity contribution < 1.29 is 80.2 Å². The van der Waals surface area contributed by atoms with Crippen LogP contribution in [0.5, 0.6) is 0 Å². The maximum Gasteiger partial charge on any atom is 0.472 e. The maximum absolute atomic E-state index is 13.1. The molecule has 0 saturated heterocycles. The number of carbonyl (C=O) groups is 4. The number of phosphoric acid groups is 2. The van der Waals surface area contributed by atoms with Crippen LogP contribution in [0, 0.1) is 0 Å². The van der Waals surface area contributed by atoms with E-state index in [1.54, 1.807) is 0 Å². The Morgan fingerprint density at radius 3 is 0.777 bits per heavy atom. The van der Waals surface area contributed by atoms with E-state index in [0.717, 1.165) is 180 Å². The first kappa shape index (κ1) is 105. The van der Waals surface area contributed by atoms with Crippen molar-refractivity contribution >= 4 is 39.5 Å². The summed E-state index contributed by atoms with van der Waals surface area (Å²) < 4.78 is 68.6. The quantitative estimate of drug-likeness (QED) is 0.0169. The molecule has 3 N–H and O–H groups in total. The zero-order valence-electron chi connectivity index (χ0n) is 69.0. The number of allylic oxidation sites excluding steroid dienone is 36. The highest BCUT2D eigenvalue weighted by atomic mass is 31.2. The van der Waals surface area contributed by atoms with Gasteiger partial charge in [-0.05, 0) is 186 Å². The number of hydrogen-bond donors (Lipinski definition) is 3. The first-order valence-corrected chi connectivity index (χ1v) is 45.0. The second-order valence-electron chi connectivity index (χ2n) is 26.9. The normalized spacial score (nSPS) is 14.9. The predicted molar refractivity (Wildman–Crippen MR) is 463 cm³/mol. The van der Waals surface area contributed by atoms with E-state index >= 15 is 0 Å². The van der Waals surface area contributed by atoms with Crippen LogP contribution >= 0.6 is 15.6 Å². The first-order chi connectivity index (χ1) is 54.7. The van der Waals surface area contributed by atoms with Crippen molar-refractivity contribution in [1.29, 1.82) is 0 Å². The van der Waals surface area contributed by atoms with Crippen molar-refractivity contribution in [2.45, 2.75) is 303 Å². The molecule has 0 amide bonds. The summed E-state index contributed by atoms with van der Waals surface area (Å²) in [6, 6.07) is 0. The highest BCUT2D eigenvalue weighted by molar-refractivity contribution is 7.47. The molecule has 0 spiro atoms. The summed E-state index contributed by atoms with van der Waals surface area (Å²) in [5.74, 6) is -2.39. The number of aliphatic hydroxyl groups is 1. The number of carbonyl (C=O) groups excluding carboxylic acids is 4. The highest BCUT2D eigenvalue weighted by Crippen LogP contribution is 2.45. The molecule has 0 aromatic rings. The molecule has 0 bridgehead atoms. The molecule has 0 fully saturated rings. The third-order valence-corrected chi connectivity index (χ3v) is 18.3. The number of unbranched alkanes of at least 4 members (excludes halogenated alkanes) is 14. The Balaban J connectivity index is 5.57. The lowest BCUT2D eigenvalue weighted by atomic mass is 10.1. The maximum atomic E-state index is 13.1. The molecular formula is C93H146O17P2. The summed E-state index contributed by atoms with van der Waals surface area (Å²) in [5.41, 5.74) is 0. The van der Waals surface area contributed by atoms with Gasteiger partial charge in [0.15, 0.2) is 12.2 Å². The van der Waals surface area contributed by atoms with Crippen LogP contribution in [0.2, 0.25) is 0 Å². The number of esters is 4. The average molecular weight is 1600 g/mol. The van der Waals surface area contributed by atoms with Crippen LogP contribution in [-0.2, 0) is 65.4 Å². The van der Waals surface area contributed by atoms with E-state index in [1.165, 1.54) is 19.3 Å².